The van der Waals surface area contributed by atoms with Crippen molar-refractivity contribution in [3.8, 4) is 6.07 Å². The second kappa shape index (κ2) is 8.21. The highest BCUT2D eigenvalue weighted by Crippen LogP contribution is 2.29. The molecule has 0 radical (unpaired) electrons. The number of nitrogens with one attached hydrogen (secondary N) is 1. The van der Waals surface area contributed by atoms with Crippen molar-refractivity contribution in [3.63, 3.8) is 0 Å². The molecule has 1 aromatic rings. The Hall–Kier alpha value is -1.14. The average Bonchev–Trinajstić information content (AvgIpc) is 2.49. The lowest BCUT2D eigenvalue weighted by Crippen LogP contribution is -2.12. The van der Waals surface area contributed by atoms with Crippen LogP contribution < -0.4 is 5.32 Å². The molecule has 2 nitrogen and oxygen atoms in total. The van der Waals surface area contributed by atoms with Crippen molar-refractivity contribution in [1.82, 2.24) is 0 Å². The summed E-state index contributed by atoms with van der Waals surface area (Å²) >= 11 is 1.74. The molecule has 1 aromatic carbocycles. The minimum atomic E-state index is 0.808. The molecule has 1 N–H and O–H groups in total. The molecule has 1 saturated carbocycles. The molecule has 1 aliphatic carbocycles. The van der Waals surface area contributed by atoms with Gasteiger partial charge in [0.05, 0.1) is 11.3 Å². The Labute approximate surface area is 127 Å². The largest absolute Gasteiger partial charge is 0.384 e. The molecule has 1 aliphatic rings. The zero-order valence-corrected chi connectivity index (χ0v) is 13.1. The van der Waals surface area contributed by atoms with Gasteiger partial charge in [-0.2, -0.15) is 5.26 Å². The summed E-state index contributed by atoms with van der Waals surface area (Å²) in [5, 5.41) is 12.8. The van der Waals surface area contributed by atoms with E-state index in [1.807, 2.05) is 18.2 Å². The van der Waals surface area contributed by atoms with E-state index in [1.165, 1.54) is 38.5 Å². The van der Waals surface area contributed by atoms with Gasteiger partial charge in [-0.15, -0.1) is 11.8 Å². The van der Waals surface area contributed by atoms with Crippen molar-refractivity contribution in [2.45, 2.75) is 50.3 Å². The molecule has 108 valence electrons. The summed E-state index contributed by atoms with van der Waals surface area (Å²) in [4.78, 5) is 1.10. The first kappa shape index (κ1) is 15.3. The summed E-state index contributed by atoms with van der Waals surface area (Å²) < 4.78 is 0. The predicted octanol–water partition coefficient (Wildman–Crippen LogP) is 5.05. The van der Waals surface area contributed by atoms with Crippen LogP contribution in [0.15, 0.2) is 23.1 Å². The number of hydrogen-bond acceptors (Lipinski definition) is 3. The number of anilines is 1. The van der Waals surface area contributed by atoms with Crippen molar-refractivity contribution in [2.24, 2.45) is 5.92 Å². The van der Waals surface area contributed by atoms with Gasteiger partial charge in [-0.1, -0.05) is 45.1 Å². The lowest BCUT2D eigenvalue weighted by atomic mass is 9.87. The molecule has 2 rings (SSSR count). The number of benzene rings is 1. The lowest BCUT2D eigenvalue weighted by Gasteiger charge is -2.22. The van der Waals surface area contributed by atoms with Gasteiger partial charge < -0.3 is 5.32 Å². The highest BCUT2D eigenvalue weighted by Gasteiger charge is 2.13. The zero-order valence-electron chi connectivity index (χ0n) is 12.3. The summed E-state index contributed by atoms with van der Waals surface area (Å²) in [6.07, 6.45) is 8.22. The zero-order chi connectivity index (χ0) is 14.2. The normalized spacial score (nSPS) is 15.8. The van der Waals surface area contributed by atoms with E-state index >= 15 is 0 Å². The summed E-state index contributed by atoms with van der Waals surface area (Å²) in [6.45, 7) is 3.11. The SMILES string of the molecule is CCSc1cccc(NCCC2CCCCC2)c1C#N. The Balaban J connectivity index is 1.91. The summed E-state index contributed by atoms with van der Waals surface area (Å²) in [5.74, 6) is 1.88. The highest BCUT2D eigenvalue weighted by molar-refractivity contribution is 7.99. The van der Waals surface area contributed by atoms with Gasteiger partial charge in [0.2, 0.25) is 0 Å². The maximum absolute atomic E-state index is 9.37. The summed E-state index contributed by atoms with van der Waals surface area (Å²) in [6, 6.07) is 8.47. The molecule has 0 amide bonds. The monoisotopic (exact) mass is 288 g/mol. The van der Waals surface area contributed by atoms with Gasteiger partial charge in [0, 0.05) is 11.4 Å². The summed E-state index contributed by atoms with van der Waals surface area (Å²) in [7, 11) is 0. The molecule has 0 aromatic heterocycles. The van der Waals surface area contributed by atoms with Crippen LogP contribution in [0.25, 0.3) is 0 Å². The molecule has 0 unspecified atom stereocenters. The fourth-order valence-electron chi connectivity index (χ4n) is 2.96. The highest BCUT2D eigenvalue weighted by atomic mass is 32.2. The van der Waals surface area contributed by atoms with Crippen molar-refractivity contribution in [2.75, 3.05) is 17.6 Å². The Morgan fingerprint density at radius 3 is 2.80 bits per heavy atom. The molecule has 20 heavy (non-hydrogen) atoms. The van der Waals surface area contributed by atoms with Crippen LogP contribution in [0.1, 0.15) is 51.0 Å². The Morgan fingerprint density at radius 1 is 1.30 bits per heavy atom. The minimum Gasteiger partial charge on any atom is -0.384 e. The maximum Gasteiger partial charge on any atom is 0.102 e. The van der Waals surface area contributed by atoms with Gasteiger partial charge in [0.1, 0.15) is 6.07 Å². The van der Waals surface area contributed by atoms with Gasteiger partial charge in [-0.25, -0.2) is 0 Å². The van der Waals surface area contributed by atoms with Gasteiger partial charge in [0.15, 0.2) is 0 Å². The molecular formula is C17H24N2S. The first-order chi connectivity index (χ1) is 9.85. The third-order valence-electron chi connectivity index (χ3n) is 4.03. The van der Waals surface area contributed by atoms with Crippen LogP contribution in [-0.4, -0.2) is 12.3 Å². The molecular weight excluding hydrogens is 264 g/mol. The predicted molar refractivity (Wildman–Crippen MR) is 87.2 cm³/mol. The third kappa shape index (κ3) is 4.18. The second-order valence-corrected chi connectivity index (χ2v) is 6.75. The van der Waals surface area contributed by atoms with Crippen LogP contribution in [0.2, 0.25) is 0 Å². The van der Waals surface area contributed by atoms with E-state index in [0.29, 0.717) is 0 Å². The van der Waals surface area contributed by atoms with E-state index in [-0.39, 0.29) is 0 Å². The van der Waals surface area contributed by atoms with E-state index < -0.39 is 0 Å². The standard InChI is InChI=1S/C17H24N2S/c1-2-20-17-10-6-9-16(15(17)13-18)19-12-11-14-7-4-3-5-8-14/h6,9-10,14,19H,2-5,7-8,11-12H2,1H3. The Bertz CT molecular complexity index is 459. The third-order valence-corrected chi connectivity index (χ3v) is 4.97. The smallest absolute Gasteiger partial charge is 0.102 e. The van der Waals surface area contributed by atoms with Crippen molar-refractivity contribution in [1.29, 1.82) is 5.26 Å². The van der Waals surface area contributed by atoms with Crippen LogP contribution in [0.3, 0.4) is 0 Å². The van der Waals surface area contributed by atoms with Crippen LogP contribution in [-0.2, 0) is 0 Å². The van der Waals surface area contributed by atoms with E-state index in [1.54, 1.807) is 11.8 Å². The van der Waals surface area contributed by atoms with E-state index in [2.05, 4.69) is 18.3 Å². The van der Waals surface area contributed by atoms with Gasteiger partial charge in [-0.05, 0) is 30.2 Å². The first-order valence-electron chi connectivity index (χ1n) is 7.75. The van der Waals surface area contributed by atoms with Crippen LogP contribution in [0, 0.1) is 17.2 Å². The van der Waals surface area contributed by atoms with Gasteiger partial charge >= 0.3 is 0 Å². The molecule has 0 aliphatic heterocycles. The Kier molecular flexibility index (Phi) is 6.26. The fourth-order valence-corrected chi connectivity index (χ4v) is 3.74. The van der Waals surface area contributed by atoms with Crippen molar-refractivity contribution in [3.05, 3.63) is 23.8 Å². The number of thioether (sulfide) groups is 1. The maximum atomic E-state index is 9.37. The molecule has 0 atom stereocenters. The van der Waals surface area contributed by atoms with E-state index in [0.717, 1.165) is 34.4 Å². The Morgan fingerprint density at radius 2 is 2.10 bits per heavy atom. The fraction of sp³-hybridized carbons (Fsp3) is 0.588. The summed E-state index contributed by atoms with van der Waals surface area (Å²) in [5.41, 5.74) is 1.81. The van der Waals surface area contributed by atoms with E-state index in [4.69, 9.17) is 0 Å². The molecule has 3 heteroatoms. The quantitative estimate of drug-likeness (QED) is 0.744. The number of nitriles is 1. The first-order valence-corrected chi connectivity index (χ1v) is 8.73. The van der Waals surface area contributed by atoms with Gasteiger partial charge in [-0.3, -0.25) is 0 Å². The molecule has 0 heterocycles. The van der Waals surface area contributed by atoms with Crippen LogP contribution in [0.5, 0.6) is 0 Å². The topological polar surface area (TPSA) is 35.8 Å². The molecule has 0 bridgehead atoms. The average molecular weight is 288 g/mol. The van der Waals surface area contributed by atoms with Crippen molar-refractivity contribution < 1.29 is 0 Å². The number of nitrogens with zero attached hydrogens (tertiary/aromatic N) is 1. The molecule has 0 spiro atoms. The second-order valence-electron chi connectivity index (χ2n) is 5.44. The van der Waals surface area contributed by atoms with Crippen LogP contribution in [0.4, 0.5) is 5.69 Å². The van der Waals surface area contributed by atoms with E-state index in [9.17, 15) is 5.26 Å². The van der Waals surface area contributed by atoms with Crippen LogP contribution >= 0.6 is 11.8 Å². The minimum absolute atomic E-state index is 0.808. The molecule has 0 saturated heterocycles. The number of hydrogen-bond donors (Lipinski definition) is 1. The van der Waals surface area contributed by atoms with Crippen molar-refractivity contribution >= 4 is 17.4 Å². The molecule has 1 fully saturated rings. The number of rotatable bonds is 6. The lowest BCUT2D eigenvalue weighted by molar-refractivity contribution is 0.345. The van der Waals surface area contributed by atoms with Gasteiger partial charge in [0.25, 0.3) is 0 Å².